The Kier molecular flexibility index (Phi) is 10.5. The maximum atomic E-state index is 5.93. The number of hydrogen-bond acceptors (Lipinski definition) is 4. The average Bonchev–Trinajstić information content (AvgIpc) is 3.10. The van der Waals surface area contributed by atoms with E-state index in [1.165, 1.54) is 0 Å². The van der Waals surface area contributed by atoms with E-state index in [1.54, 1.807) is 13.2 Å². The van der Waals surface area contributed by atoms with Crippen LogP contribution in [-0.2, 0) is 11.2 Å². The van der Waals surface area contributed by atoms with Crippen molar-refractivity contribution in [3.8, 4) is 11.3 Å². The summed E-state index contributed by atoms with van der Waals surface area (Å²) < 4.78 is 10.4. The number of thiocarbonyl (C=S) groups is 1. The van der Waals surface area contributed by atoms with Gasteiger partial charge in [-0.3, -0.25) is 0 Å². The Morgan fingerprint density at radius 1 is 1.24 bits per heavy atom. The quantitative estimate of drug-likeness (QED) is 0.290. The van der Waals surface area contributed by atoms with Gasteiger partial charge in [0, 0.05) is 32.2 Å². The van der Waals surface area contributed by atoms with Crippen LogP contribution in [0.25, 0.3) is 11.3 Å². The molecule has 0 saturated heterocycles. The van der Waals surface area contributed by atoms with Crippen molar-refractivity contribution in [2.45, 2.75) is 19.8 Å². The summed E-state index contributed by atoms with van der Waals surface area (Å²) in [4.78, 5) is 0. The molecule has 25 heavy (non-hydrogen) atoms. The highest BCUT2D eigenvalue weighted by molar-refractivity contribution is 7.80. The predicted octanol–water partition coefficient (Wildman–Crippen LogP) is 4.18. The molecule has 4 N–H and O–H groups in total. The summed E-state index contributed by atoms with van der Waals surface area (Å²) >= 11 is 16.5. The first-order valence-corrected chi connectivity index (χ1v) is 8.95. The van der Waals surface area contributed by atoms with Crippen molar-refractivity contribution in [1.29, 1.82) is 0 Å². The zero-order chi connectivity index (χ0) is 18.7. The fourth-order valence-electron chi connectivity index (χ4n) is 1.84. The lowest BCUT2D eigenvalue weighted by Crippen LogP contribution is -2.40. The fraction of sp³-hybridized carbons (Fsp3) is 0.353. The highest BCUT2D eigenvalue weighted by atomic mass is 35.5. The molecule has 0 atom stereocenters. The second-order valence-corrected chi connectivity index (χ2v) is 6.22. The monoisotopic (exact) mass is 403 g/mol. The summed E-state index contributed by atoms with van der Waals surface area (Å²) in [7, 11) is 1.67. The molecule has 8 heteroatoms. The summed E-state index contributed by atoms with van der Waals surface area (Å²) in [6, 6.07) is 9.39. The molecule has 138 valence electrons. The van der Waals surface area contributed by atoms with E-state index in [0.29, 0.717) is 15.2 Å². The second kappa shape index (κ2) is 12.1. The van der Waals surface area contributed by atoms with E-state index in [9.17, 15) is 0 Å². The van der Waals surface area contributed by atoms with Crippen molar-refractivity contribution in [3.63, 3.8) is 0 Å². The van der Waals surface area contributed by atoms with Crippen LogP contribution in [0, 0.1) is 0 Å². The summed E-state index contributed by atoms with van der Waals surface area (Å²) in [6.45, 7) is 3.58. The van der Waals surface area contributed by atoms with Gasteiger partial charge in [-0.05, 0) is 49.0 Å². The van der Waals surface area contributed by atoms with Crippen LogP contribution in [0.5, 0.6) is 0 Å². The van der Waals surface area contributed by atoms with Crippen LogP contribution in [0.15, 0.2) is 34.7 Å². The molecule has 0 aliphatic carbocycles. The van der Waals surface area contributed by atoms with Gasteiger partial charge >= 0.3 is 0 Å². The first-order valence-electron chi connectivity index (χ1n) is 7.79. The maximum absolute atomic E-state index is 5.93. The molecule has 0 amide bonds. The minimum absolute atomic E-state index is 0.469. The molecule has 0 aliphatic heterocycles. The Labute approximate surface area is 163 Å². The lowest BCUT2D eigenvalue weighted by molar-refractivity contribution is 0.195. The van der Waals surface area contributed by atoms with Gasteiger partial charge in [-0.25, -0.2) is 5.84 Å². The lowest BCUT2D eigenvalue weighted by Gasteiger charge is -2.04. The standard InChI is InChI=1S/C12H10Cl2O.C5H13N3OS/c1-2-9-4-6-12(15-9)8-3-5-10(13)11(14)7-8;1-9-4-2-3-7-5(10)8-6/h3-7H,2H2,1H3;2-4,6H2,1H3,(H2,7,8,10). The first kappa shape index (κ1) is 21.7. The molecule has 0 radical (unpaired) electrons. The first-order chi connectivity index (χ1) is 12.0. The molecule has 0 saturated carbocycles. The predicted molar refractivity (Wildman–Crippen MR) is 108 cm³/mol. The molecule has 1 aromatic carbocycles. The Bertz CT molecular complexity index is 665. The Morgan fingerprint density at radius 2 is 2.00 bits per heavy atom. The Morgan fingerprint density at radius 3 is 2.56 bits per heavy atom. The lowest BCUT2D eigenvalue weighted by atomic mass is 10.2. The highest BCUT2D eigenvalue weighted by Gasteiger charge is 2.05. The number of nitrogens with one attached hydrogen (secondary N) is 2. The van der Waals surface area contributed by atoms with Gasteiger partial charge in [0.05, 0.1) is 10.0 Å². The van der Waals surface area contributed by atoms with Crippen LogP contribution in [0.3, 0.4) is 0 Å². The number of aryl methyl sites for hydroxylation is 1. The van der Waals surface area contributed by atoms with Crippen LogP contribution < -0.4 is 16.6 Å². The van der Waals surface area contributed by atoms with E-state index in [0.717, 1.165) is 43.1 Å². The summed E-state index contributed by atoms with van der Waals surface area (Å²) in [5.41, 5.74) is 3.27. The maximum Gasteiger partial charge on any atom is 0.180 e. The van der Waals surface area contributed by atoms with E-state index >= 15 is 0 Å². The van der Waals surface area contributed by atoms with Crippen molar-refractivity contribution in [2.24, 2.45) is 5.84 Å². The molecule has 1 aromatic heterocycles. The topological polar surface area (TPSA) is 72.5 Å². The van der Waals surface area contributed by atoms with Crippen LogP contribution >= 0.6 is 35.4 Å². The van der Waals surface area contributed by atoms with E-state index < -0.39 is 0 Å². The van der Waals surface area contributed by atoms with Crippen molar-refractivity contribution in [2.75, 3.05) is 20.3 Å². The Balaban J connectivity index is 0.000000275. The van der Waals surface area contributed by atoms with Crippen molar-refractivity contribution in [3.05, 3.63) is 46.1 Å². The molecule has 0 unspecified atom stereocenters. The van der Waals surface area contributed by atoms with Gasteiger partial charge in [0.2, 0.25) is 0 Å². The normalized spacial score (nSPS) is 9.96. The minimum atomic E-state index is 0.469. The number of ether oxygens (including phenoxy) is 1. The molecule has 0 aliphatic rings. The summed E-state index contributed by atoms with van der Waals surface area (Å²) in [6.07, 6.45) is 1.82. The average molecular weight is 404 g/mol. The molecule has 2 rings (SSSR count). The number of halogens is 2. The van der Waals surface area contributed by atoms with Crippen LogP contribution in [0.1, 0.15) is 19.1 Å². The molecule has 1 heterocycles. The van der Waals surface area contributed by atoms with Gasteiger partial charge in [0.25, 0.3) is 0 Å². The second-order valence-electron chi connectivity index (χ2n) is 4.99. The SMILES string of the molecule is CCc1ccc(-c2ccc(Cl)c(Cl)c2)o1.COCCCNC(=S)NN. The highest BCUT2D eigenvalue weighted by Crippen LogP contribution is 2.29. The van der Waals surface area contributed by atoms with E-state index in [-0.39, 0.29) is 0 Å². The molecule has 0 spiro atoms. The molecule has 0 fully saturated rings. The number of methoxy groups -OCH3 is 1. The number of hydrazine groups is 1. The van der Waals surface area contributed by atoms with Gasteiger partial charge in [-0.1, -0.05) is 30.1 Å². The molecule has 2 aromatic rings. The molecule has 0 bridgehead atoms. The number of nitrogens with two attached hydrogens (primary N) is 1. The van der Waals surface area contributed by atoms with Crippen molar-refractivity contribution in [1.82, 2.24) is 10.7 Å². The third-order valence-corrected chi connectivity index (χ3v) is 4.16. The molecular formula is C17H23Cl2N3O2S. The van der Waals surface area contributed by atoms with E-state index in [2.05, 4.69) is 17.7 Å². The van der Waals surface area contributed by atoms with Crippen molar-refractivity contribution < 1.29 is 9.15 Å². The van der Waals surface area contributed by atoms with Crippen LogP contribution in [-0.4, -0.2) is 25.4 Å². The largest absolute Gasteiger partial charge is 0.461 e. The number of hydrogen-bond donors (Lipinski definition) is 3. The summed E-state index contributed by atoms with van der Waals surface area (Å²) in [5, 5.41) is 4.45. The molecular weight excluding hydrogens is 381 g/mol. The number of furan rings is 1. The third-order valence-electron chi connectivity index (χ3n) is 3.16. The number of benzene rings is 1. The van der Waals surface area contributed by atoms with Gasteiger partial charge in [-0.2, -0.15) is 0 Å². The van der Waals surface area contributed by atoms with E-state index in [4.69, 9.17) is 50.4 Å². The smallest absolute Gasteiger partial charge is 0.180 e. The Hall–Kier alpha value is -1.31. The third kappa shape index (κ3) is 8.07. The number of rotatable bonds is 6. The van der Waals surface area contributed by atoms with Crippen LogP contribution in [0.4, 0.5) is 0 Å². The van der Waals surface area contributed by atoms with Gasteiger partial charge in [0.1, 0.15) is 11.5 Å². The fourth-order valence-corrected chi connectivity index (χ4v) is 2.24. The summed E-state index contributed by atoms with van der Waals surface area (Å²) in [5.74, 6) is 6.79. The van der Waals surface area contributed by atoms with Crippen molar-refractivity contribution >= 4 is 40.5 Å². The zero-order valence-corrected chi connectivity index (χ0v) is 16.6. The molecule has 5 nitrogen and oxygen atoms in total. The van der Waals surface area contributed by atoms with E-state index in [1.807, 2.05) is 24.3 Å². The zero-order valence-electron chi connectivity index (χ0n) is 14.3. The van der Waals surface area contributed by atoms with Crippen LogP contribution in [0.2, 0.25) is 10.0 Å². The van der Waals surface area contributed by atoms with Gasteiger partial charge in [-0.15, -0.1) is 0 Å². The minimum Gasteiger partial charge on any atom is -0.461 e. The van der Waals surface area contributed by atoms with Gasteiger partial charge < -0.3 is 19.9 Å². The van der Waals surface area contributed by atoms with Gasteiger partial charge in [0.15, 0.2) is 5.11 Å².